The summed E-state index contributed by atoms with van der Waals surface area (Å²) < 4.78 is 13.2. The number of fused-ring (bicyclic) bond motifs is 1. The highest BCUT2D eigenvalue weighted by Gasteiger charge is 2.10. The number of nitrogens with one attached hydrogen (secondary N) is 2. The van der Waals surface area contributed by atoms with Crippen molar-refractivity contribution in [3.8, 4) is 11.1 Å². The van der Waals surface area contributed by atoms with Crippen LogP contribution in [-0.2, 0) is 4.79 Å². The molecule has 0 saturated carbocycles. The van der Waals surface area contributed by atoms with E-state index in [-0.39, 0.29) is 11.7 Å². The van der Waals surface area contributed by atoms with Gasteiger partial charge < -0.3 is 16.0 Å². The van der Waals surface area contributed by atoms with Gasteiger partial charge in [-0.3, -0.25) is 4.79 Å². The van der Waals surface area contributed by atoms with Crippen LogP contribution >= 0.6 is 0 Å². The largest absolute Gasteiger partial charge is 0.360 e. The average Bonchev–Trinajstić information content (AvgIpc) is 2.90. The molecule has 0 saturated heterocycles. The molecule has 2 aromatic heterocycles. The summed E-state index contributed by atoms with van der Waals surface area (Å²) in [5.74, 6) is -0.132. The Kier molecular flexibility index (Phi) is 3.60. The minimum Gasteiger partial charge on any atom is -0.360 e. The molecule has 0 spiro atoms. The topological polar surface area (TPSA) is 83.8 Å². The summed E-state index contributed by atoms with van der Waals surface area (Å²) in [6, 6.07) is 7.55. The molecule has 5 nitrogen and oxygen atoms in total. The number of pyridine rings is 1. The molecule has 4 N–H and O–H groups in total. The molecule has 0 aliphatic carbocycles. The second-order valence-corrected chi connectivity index (χ2v) is 5.10. The highest BCUT2D eigenvalue weighted by Crippen LogP contribution is 2.28. The molecule has 0 aliphatic heterocycles. The molecular formula is C16H15FN4O. The van der Waals surface area contributed by atoms with Gasteiger partial charge in [0.25, 0.3) is 0 Å². The van der Waals surface area contributed by atoms with Gasteiger partial charge in [0.05, 0.1) is 6.04 Å². The molecule has 22 heavy (non-hydrogen) atoms. The summed E-state index contributed by atoms with van der Waals surface area (Å²) in [4.78, 5) is 18.8. The van der Waals surface area contributed by atoms with Crippen molar-refractivity contribution in [2.45, 2.75) is 13.0 Å². The predicted octanol–water partition coefficient (Wildman–Crippen LogP) is 2.65. The van der Waals surface area contributed by atoms with Crippen molar-refractivity contribution in [1.82, 2.24) is 9.97 Å². The third-order valence-electron chi connectivity index (χ3n) is 3.38. The van der Waals surface area contributed by atoms with Gasteiger partial charge in [0.2, 0.25) is 5.91 Å². The number of H-pyrrole nitrogens is 1. The normalized spacial score (nSPS) is 12.3. The van der Waals surface area contributed by atoms with Crippen LogP contribution < -0.4 is 11.1 Å². The second-order valence-electron chi connectivity index (χ2n) is 5.10. The number of halogens is 1. The molecule has 3 rings (SSSR count). The molecule has 0 fully saturated rings. The zero-order chi connectivity index (χ0) is 15.7. The van der Waals surface area contributed by atoms with E-state index in [0.29, 0.717) is 5.82 Å². The summed E-state index contributed by atoms with van der Waals surface area (Å²) in [5.41, 5.74) is 8.01. The van der Waals surface area contributed by atoms with E-state index in [1.165, 1.54) is 12.1 Å². The maximum atomic E-state index is 13.2. The molecule has 1 amide bonds. The third-order valence-corrected chi connectivity index (χ3v) is 3.38. The van der Waals surface area contributed by atoms with E-state index >= 15 is 0 Å². The molecule has 3 aromatic rings. The van der Waals surface area contributed by atoms with Gasteiger partial charge in [0.1, 0.15) is 11.6 Å². The molecule has 1 aromatic carbocycles. The van der Waals surface area contributed by atoms with Crippen molar-refractivity contribution < 1.29 is 9.18 Å². The van der Waals surface area contributed by atoms with Crippen LogP contribution in [0.1, 0.15) is 6.92 Å². The Morgan fingerprint density at radius 2 is 2.18 bits per heavy atom. The number of amides is 1. The van der Waals surface area contributed by atoms with Crippen molar-refractivity contribution >= 4 is 22.6 Å². The average molecular weight is 298 g/mol. The van der Waals surface area contributed by atoms with Gasteiger partial charge >= 0.3 is 0 Å². The lowest BCUT2D eigenvalue weighted by atomic mass is 10.1. The van der Waals surface area contributed by atoms with Crippen molar-refractivity contribution in [2.24, 2.45) is 5.73 Å². The highest BCUT2D eigenvalue weighted by molar-refractivity contribution is 5.96. The van der Waals surface area contributed by atoms with E-state index < -0.39 is 6.04 Å². The first-order valence-corrected chi connectivity index (χ1v) is 6.84. The number of nitrogens with zero attached hydrogens (tertiary/aromatic N) is 1. The predicted molar refractivity (Wildman–Crippen MR) is 83.8 cm³/mol. The van der Waals surface area contributed by atoms with Crippen molar-refractivity contribution in [3.05, 3.63) is 48.5 Å². The first-order valence-electron chi connectivity index (χ1n) is 6.84. The maximum absolute atomic E-state index is 13.2. The SMILES string of the molecule is C[C@H](N)C(=O)Nc1ccc(-c2c[nH]c3cc(F)ccc23)cn1. The summed E-state index contributed by atoms with van der Waals surface area (Å²) in [7, 11) is 0. The molecule has 0 unspecified atom stereocenters. The Hall–Kier alpha value is -2.73. The van der Waals surface area contributed by atoms with Crippen LogP contribution in [0.4, 0.5) is 10.2 Å². The number of aromatic nitrogens is 2. The number of nitrogens with two attached hydrogens (primary N) is 1. The number of carbonyl (C=O) groups excluding carboxylic acids is 1. The lowest BCUT2D eigenvalue weighted by molar-refractivity contribution is -0.117. The van der Waals surface area contributed by atoms with Crippen LogP contribution in [0, 0.1) is 5.82 Å². The first kappa shape index (κ1) is 14.2. The number of aromatic amines is 1. The van der Waals surface area contributed by atoms with Gasteiger partial charge in [0.15, 0.2) is 0 Å². The zero-order valence-electron chi connectivity index (χ0n) is 11.9. The van der Waals surface area contributed by atoms with Crippen LogP contribution in [0.15, 0.2) is 42.7 Å². The summed E-state index contributed by atoms with van der Waals surface area (Å²) in [5, 5.41) is 3.54. The molecular weight excluding hydrogens is 283 g/mol. The van der Waals surface area contributed by atoms with Crippen LogP contribution in [0.3, 0.4) is 0 Å². The van der Waals surface area contributed by atoms with Crippen LogP contribution in [-0.4, -0.2) is 21.9 Å². The van der Waals surface area contributed by atoms with Crippen molar-refractivity contribution in [1.29, 1.82) is 0 Å². The van der Waals surface area contributed by atoms with Crippen LogP contribution in [0.2, 0.25) is 0 Å². The number of hydrogen-bond donors (Lipinski definition) is 3. The molecule has 2 heterocycles. The Bertz CT molecular complexity index is 824. The zero-order valence-corrected chi connectivity index (χ0v) is 11.9. The fourth-order valence-electron chi connectivity index (χ4n) is 2.20. The molecule has 1 atom stereocenters. The number of benzene rings is 1. The Balaban J connectivity index is 1.90. The van der Waals surface area contributed by atoms with Crippen molar-refractivity contribution in [2.75, 3.05) is 5.32 Å². The number of hydrogen-bond acceptors (Lipinski definition) is 3. The molecule has 0 aliphatic rings. The Morgan fingerprint density at radius 3 is 2.86 bits per heavy atom. The van der Waals surface area contributed by atoms with E-state index in [1.54, 1.807) is 31.5 Å². The smallest absolute Gasteiger partial charge is 0.242 e. The van der Waals surface area contributed by atoms with Gasteiger partial charge in [0, 0.05) is 34.4 Å². The fourth-order valence-corrected chi connectivity index (χ4v) is 2.20. The third kappa shape index (κ3) is 2.68. The van der Waals surface area contributed by atoms with Crippen LogP contribution in [0.5, 0.6) is 0 Å². The van der Waals surface area contributed by atoms with E-state index in [1.807, 2.05) is 6.07 Å². The minimum absolute atomic E-state index is 0.284. The molecule has 0 radical (unpaired) electrons. The monoisotopic (exact) mass is 298 g/mol. The maximum Gasteiger partial charge on any atom is 0.242 e. The summed E-state index contributed by atoms with van der Waals surface area (Å²) in [6.07, 6.45) is 3.46. The first-order chi connectivity index (χ1) is 10.5. The number of carbonyl (C=O) groups is 1. The lowest BCUT2D eigenvalue weighted by Gasteiger charge is -2.07. The molecule has 112 valence electrons. The van der Waals surface area contributed by atoms with Gasteiger partial charge in [-0.2, -0.15) is 0 Å². The summed E-state index contributed by atoms with van der Waals surface area (Å²) in [6.45, 7) is 1.61. The Labute approximate surface area is 126 Å². The van der Waals surface area contributed by atoms with E-state index in [9.17, 15) is 9.18 Å². The fraction of sp³-hybridized carbons (Fsp3) is 0.125. The van der Waals surface area contributed by atoms with E-state index in [0.717, 1.165) is 22.0 Å². The lowest BCUT2D eigenvalue weighted by Crippen LogP contribution is -2.32. The van der Waals surface area contributed by atoms with Crippen molar-refractivity contribution in [3.63, 3.8) is 0 Å². The summed E-state index contributed by atoms with van der Waals surface area (Å²) >= 11 is 0. The van der Waals surface area contributed by atoms with Gasteiger partial charge in [-0.1, -0.05) is 0 Å². The Morgan fingerprint density at radius 1 is 1.36 bits per heavy atom. The van der Waals surface area contributed by atoms with E-state index in [2.05, 4.69) is 15.3 Å². The number of anilines is 1. The quantitative estimate of drug-likeness (QED) is 0.695. The van der Waals surface area contributed by atoms with E-state index in [4.69, 9.17) is 5.73 Å². The standard InChI is InChI=1S/C16H15FN4O/c1-9(18)16(22)21-15-5-2-10(7-20-15)13-8-19-14-6-11(17)3-4-12(13)14/h2-9,19H,18H2,1H3,(H,20,21,22)/t9-/m0/s1. The highest BCUT2D eigenvalue weighted by atomic mass is 19.1. The van der Waals surface area contributed by atoms with Gasteiger partial charge in [-0.15, -0.1) is 0 Å². The number of rotatable bonds is 3. The molecule has 0 bridgehead atoms. The van der Waals surface area contributed by atoms with Gasteiger partial charge in [-0.25, -0.2) is 9.37 Å². The second kappa shape index (κ2) is 5.57. The minimum atomic E-state index is -0.593. The van der Waals surface area contributed by atoms with Crippen LogP contribution in [0.25, 0.3) is 22.0 Å². The van der Waals surface area contributed by atoms with Gasteiger partial charge in [-0.05, 0) is 37.3 Å². The molecule has 6 heteroatoms.